The first-order chi connectivity index (χ1) is 13.8. The van der Waals surface area contributed by atoms with E-state index in [1.54, 1.807) is 0 Å². The molecule has 2 N–H and O–H groups in total. The number of nitrogens with one attached hydrogen (secondary N) is 2. The van der Waals surface area contributed by atoms with E-state index in [4.69, 9.17) is 9.47 Å². The second kappa shape index (κ2) is 13.6. The highest BCUT2D eigenvalue weighted by atomic mass is 127. The van der Waals surface area contributed by atoms with Crippen molar-refractivity contribution in [3.8, 4) is 5.69 Å². The number of nitrogens with zero attached hydrogens (tertiary/aromatic N) is 3. The molecule has 8 heteroatoms. The molecule has 1 atom stereocenters. The highest BCUT2D eigenvalue weighted by molar-refractivity contribution is 14.0. The minimum atomic E-state index is 0. The molecule has 1 aromatic heterocycles. The van der Waals surface area contributed by atoms with Crippen LogP contribution in [0.3, 0.4) is 0 Å². The molecule has 3 rings (SSSR count). The molecule has 0 radical (unpaired) electrons. The Kier molecular flexibility index (Phi) is 11.0. The van der Waals surface area contributed by atoms with Crippen LogP contribution in [0.1, 0.15) is 25.3 Å². The van der Waals surface area contributed by atoms with E-state index in [1.807, 2.05) is 29.1 Å². The van der Waals surface area contributed by atoms with E-state index in [1.165, 1.54) is 5.56 Å². The summed E-state index contributed by atoms with van der Waals surface area (Å²) >= 11 is 0. The zero-order valence-electron chi connectivity index (χ0n) is 17.0. The molecule has 7 nitrogen and oxygen atoms in total. The van der Waals surface area contributed by atoms with E-state index >= 15 is 0 Å². The third-order valence-electron chi connectivity index (χ3n) is 4.52. The maximum Gasteiger partial charge on any atom is 0.191 e. The van der Waals surface area contributed by atoms with Gasteiger partial charge in [0.25, 0.3) is 0 Å². The summed E-state index contributed by atoms with van der Waals surface area (Å²) in [5.41, 5.74) is 2.27. The van der Waals surface area contributed by atoms with Gasteiger partial charge in [0, 0.05) is 39.0 Å². The van der Waals surface area contributed by atoms with Gasteiger partial charge in [-0.05, 0) is 43.9 Å². The van der Waals surface area contributed by atoms with Crippen LogP contribution in [0, 0.1) is 0 Å². The lowest BCUT2D eigenvalue weighted by molar-refractivity contribution is 0.0424. The zero-order valence-corrected chi connectivity index (χ0v) is 19.4. The van der Waals surface area contributed by atoms with Gasteiger partial charge < -0.3 is 20.1 Å². The average Bonchev–Trinajstić information content (AvgIpc) is 3.40. The maximum atomic E-state index is 5.78. The average molecular weight is 513 g/mol. The number of hydrogen-bond donors (Lipinski definition) is 2. The first-order valence-electron chi connectivity index (χ1n) is 10.2. The van der Waals surface area contributed by atoms with E-state index in [9.17, 15) is 0 Å². The molecule has 1 saturated heterocycles. The van der Waals surface area contributed by atoms with Gasteiger partial charge in [0.1, 0.15) is 0 Å². The van der Waals surface area contributed by atoms with Crippen LogP contribution in [0.2, 0.25) is 0 Å². The lowest BCUT2D eigenvalue weighted by Gasteiger charge is -2.11. The highest BCUT2D eigenvalue weighted by Gasteiger charge is 2.15. The number of guanidine groups is 1. The SMILES string of the molecule is CCNC(=NCCCOC1CCOC1)NCCc1cnn(-c2ccccc2)c1.I. The molecule has 0 amide bonds. The van der Waals surface area contributed by atoms with Crippen LogP contribution in [0.5, 0.6) is 0 Å². The Bertz CT molecular complexity index is 717. The molecule has 2 aromatic rings. The Morgan fingerprint density at radius 1 is 1.31 bits per heavy atom. The van der Waals surface area contributed by atoms with Gasteiger partial charge in [-0.15, -0.1) is 24.0 Å². The topological polar surface area (TPSA) is 72.7 Å². The molecule has 0 bridgehead atoms. The quantitative estimate of drug-likeness (QED) is 0.221. The van der Waals surface area contributed by atoms with Crippen molar-refractivity contribution in [3.05, 3.63) is 48.3 Å². The van der Waals surface area contributed by atoms with Gasteiger partial charge in [-0.1, -0.05) is 18.2 Å². The monoisotopic (exact) mass is 513 g/mol. The van der Waals surface area contributed by atoms with E-state index in [-0.39, 0.29) is 30.1 Å². The van der Waals surface area contributed by atoms with Crippen molar-refractivity contribution in [2.45, 2.75) is 32.3 Å². The van der Waals surface area contributed by atoms with Gasteiger partial charge in [0.2, 0.25) is 0 Å². The number of ether oxygens (including phenoxy) is 2. The third kappa shape index (κ3) is 8.31. The van der Waals surface area contributed by atoms with Crippen molar-refractivity contribution in [2.75, 3.05) is 39.5 Å². The van der Waals surface area contributed by atoms with E-state index in [0.29, 0.717) is 0 Å². The smallest absolute Gasteiger partial charge is 0.191 e. The van der Waals surface area contributed by atoms with Crippen LogP contribution in [0.25, 0.3) is 5.69 Å². The number of hydrogen-bond acceptors (Lipinski definition) is 4. The van der Waals surface area contributed by atoms with Crippen molar-refractivity contribution >= 4 is 29.9 Å². The Hall–Kier alpha value is -1.65. The summed E-state index contributed by atoms with van der Waals surface area (Å²) < 4.78 is 13.0. The first-order valence-corrected chi connectivity index (χ1v) is 10.2. The fourth-order valence-electron chi connectivity index (χ4n) is 3.03. The Labute approximate surface area is 190 Å². The minimum Gasteiger partial charge on any atom is -0.379 e. The zero-order chi connectivity index (χ0) is 19.4. The molecule has 0 saturated carbocycles. The molecule has 2 heterocycles. The number of aliphatic imine (C=N–C) groups is 1. The Morgan fingerprint density at radius 2 is 2.17 bits per heavy atom. The second-order valence-electron chi connectivity index (χ2n) is 6.78. The van der Waals surface area contributed by atoms with Gasteiger partial charge in [0.15, 0.2) is 5.96 Å². The summed E-state index contributed by atoms with van der Waals surface area (Å²) in [7, 11) is 0. The third-order valence-corrected chi connectivity index (χ3v) is 4.52. The molecule has 29 heavy (non-hydrogen) atoms. The predicted molar refractivity (Wildman–Crippen MR) is 126 cm³/mol. The standard InChI is InChI=1S/C21H31N5O2.HI/c1-2-22-21(23-11-6-13-28-20-10-14-27-17-20)24-12-9-18-15-25-26(16-18)19-7-4-3-5-8-19;/h3-5,7-8,15-16,20H,2,6,9-14,17H2,1H3,(H2,22,23,24);1H. The van der Waals surface area contributed by atoms with Gasteiger partial charge in [-0.25, -0.2) is 4.68 Å². The number of aromatic nitrogens is 2. The summed E-state index contributed by atoms with van der Waals surface area (Å²) in [6, 6.07) is 10.1. The number of halogens is 1. The van der Waals surface area contributed by atoms with Crippen LogP contribution in [0.15, 0.2) is 47.7 Å². The number of benzene rings is 1. The van der Waals surface area contributed by atoms with Gasteiger partial charge in [0.05, 0.1) is 24.6 Å². The van der Waals surface area contributed by atoms with Crippen LogP contribution in [0.4, 0.5) is 0 Å². The molecule has 1 unspecified atom stereocenters. The number of para-hydroxylation sites is 1. The van der Waals surface area contributed by atoms with Crippen LogP contribution in [-0.2, 0) is 15.9 Å². The lowest BCUT2D eigenvalue weighted by atomic mass is 10.2. The fraction of sp³-hybridized carbons (Fsp3) is 0.524. The van der Waals surface area contributed by atoms with Crippen molar-refractivity contribution in [1.82, 2.24) is 20.4 Å². The summed E-state index contributed by atoms with van der Waals surface area (Å²) in [6.07, 6.45) is 7.08. The Balaban J connectivity index is 0.00000300. The molecule has 1 aromatic carbocycles. The first kappa shape index (κ1) is 23.6. The van der Waals surface area contributed by atoms with Crippen molar-refractivity contribution in [3.63, 3.8) is 0 Å². The summed E-state index contributed by atoms with van der Waals surface area (Å²) in [5.74, 6) is 0.849. The summed E-state index contributed by atoms with van der Waals surface area (Å²) in [5, 5.41) is 11.1. The fourth-order valence-corrected chi connectivity index (χ4v) is 3.03. The van der Waals surface area contributed by atoms with Crippen molar-refractivity contribution < 1.29 is 9.47 Å². The Morgan fingerprint density at radius 3 is 2.93 bits per heavy atom. The highest BCUT2D eigenvalue weighted by Crippen LogP contribution is 2.08. The molecule has 1 aliphatic heterocycles. The maximum absolute atomic E-state index is 5.78. The van der Waals surface area contributed by atoms with Crippen LogP contribution < -0.4 is 10.6 Å². The summed E-state index contributed by atoms with van der Waals surface area (Å²) in [6.45, 7) is 6.75. The molecule has 160 valence electrons. The van der Waals surface area contributed by atoms with Gasteiger partial charge >= 0.3 is 0 Å². The lowest BCUT2D eigenvalue weighted by Crippen LogP contribution is -2.38. The molecule has 0 spiro atoms. The largest absolute Gasteiger partial charge is 0.379 e. The van der Waals surface area contributed by atoms with Crippen LogP contribution in [-0.4, -0.2) is 61.3 Å². The van der Waals surface area contributed by atoms with E-state index in [2.05, 4.69) is 46.0 Å². The van der Waals surface area contributed by atoms with Crippen molar-refractivity contribution in [2.24, 2.45) is 4.99 Å². The molecule has 0 aliphatic carbocycles. The van der Waals surface area contributed by atoms with E-state index < -0.39 is 0 Å². The van der Waals surface area contributed by atoms with E-state index in [0.717, 1.165) is 70.4 Å². The molecule has 1 aliphatic rings. The van der Waals surface area contributed by atoms with Crippen molar-refractivity contribution in [1.29, 1.82) is 0 Å². The summed E-state index contributed by atoms with van der Waals surface area (Å²) in [4.78, 5) is 4.62. The molecule has 1 fully saturated rings. The minimum absolute atomic E-state index is 0. The van der Waals surface area contributed by atoms with Gasteiger partial charge in [-0.2, -0.15) is 5.10 Å². The van der Waals surface area contributed by atoms with Crippen LogP contribution >= 0.6 is 24.0 Å². The molecular formula is C21H32IN5O2. The second-order valence-corrected chi connectivity index (χ2v) is 6.78. The van der Waals surface area contributed by atoms with Gasteiger partial charge in [-0.3, -0.25) is 4.99 Å². The normalized spacial score (nSPS) is 16.4. The number of rotatable bonds is 10. The predicted octanol–water partition coefficient (Wildman–Crippen LogP) is 2.78. The molecular weight excluding hydrogens is 481 g/mol.